The van der Waals surface area contributed by atoms with Crippen molar-refractivity contribution >= 4 is 28.3 Å². The molecule has 1 N–H and O–H groups in total. The highest BCUT2D eigenvalue weighted by Crippen LogP contribution is 2.19. The van der Waals surface area contributed by atoms with Gasteiger partial charge in [0.05, 0.1) is 6.54 Å². The van der Waals surface area contributed by atoms with E-state index in [4.69, 9.17) is 0 Å². The molecule has 3 aromatic heterocycles. The van der Waals surface area contributed by atoms with Crippen molar-refractivity contribution in [2.75, 3.05) is 5.32 Å². The van der Waals surface area contributed by atoms with E-state index in [-0.39, 0.29) is 6.04 Å². The highest BCUT2D eigenvalue weighted by atomic mass is 32.1. The maximum atomic E-state index is 4.37. The molecular formula is C18H18N6S. The van der Waals surface area contributed by atoms with Gasteiger partial charge in [0.2, 0.25) is 0 Å². The lowest BCUT2D eigenvalue weighted by Gasteiger charge is -2.14. The highest BCUT2D eigenvalue weighted by Gasteiger charge is 2.14. The average molecular weight is 350 g/mol. The van der Waals surface area contributed by atoms with Crippen LogP contribution in [0.5, 0.6) is 0 Å². The van der Waals surface area contributed by atoms with Crippen molar-refractivity contribution in [3.63, 3.8) is 0 Å². The minimum atomic E-state index is 0.225. The second kappa shape index (κ2) is 6.98. The summed E-state index contributed by atoms with van der Waals surface area (Å²) in [6.07, 6.45) is 2.48. The lowest BCUT2D eigenvalue weighted by atomic mass is 10.1. The summed E-state index contributed by atoms with van der Waals surface area (Å²) in [5.74, 6) is 0.728. The van der Waals surface area contributed by atoms with Crippen LogP contribution in [0.15, 0.2) is 54.2 Å². The van der Waals surface area contributed by atoms with Gasteiger partial charge in [-0.2, -0.15) is 0 Å². The molecule has 4 rings (SSSR count). The highest BCUT2D eigenvalue weighted by molar-refractivity contribution is 7.09. The Labute approximate surface area is 149 Å². The lowest BCUT2D eigenvalue weighted by molar-refractivity contribution is 0.670. The number of aromatic nitrogens is 5. The summed E-state index contributed by atoms with van der Waals surface area (Å²) in [5, 5.41) is 14.0. The largest absolute Gasteiger partial charge is 0.365 e. The molecule has 0 fully saturated rings. The SMILES string of the molecule is CC(Cc1ccccc1)Nc1ncnc2c1nnn2Cc1cccs1. The van der Waals surface area contributed by atoms with Gasteiger partial charge in [0.1, 0.15) is 6.33 Å². The van der Waals surface area contributed by atoms with Gasteiger partial charge in [0.25, 0.3) is 0 Å². The van der Waals surface area contributed by atoms with Gasteiger partial charge in [-0.25, -0.2) is 14.6 Å². The van der Waals surface area contributed by atoms with E-state index in [2.05, 4.69) is 68.2 Å². The van der Waals surface area contributed by atoms with Gasteiger partial charge in [-0.05, 0) is 30.4 Å². The molecule has 1 unspecified atom stereocenters. The van der Waals surface area contributed by atoms with E-state index in [0.29, 0.717) is 12.1 Å². The van der Waals surface area contributed by atoms with Gasteiger partial charge >= 0.3 is 0 Å². The Morgan fingerprint density at radius 3 is 2.80 bits per heavy atom. The molecule has 1 aromatic carbocycles. The van der Waals surface area contributed by atoms with Crippen molar-refractivity contribution in [1.29, 1.82) is 0 Å². The van der Waals surface area contributed by atoms with E-state index in [1.807, 2.05) is 16.8 Å². The zero-order chi connectivity index (χ0) is 17.1. The maximum absolute atomic E-state index is 4.37. The first kappa shape index (κ1) is 15.7. The number of thiophene rings is 1. The van der Waals surface area contributed by atoms with Crippen LogP contribution >= 0.6 is 11.3 Å². The van der Waals surface area contributed by atoms with Crippen molar-refractivity contribution in [1.82, 2.24) is 25.0 Å². The molecule has 1 atom stereocenters. The normalized spacial score (nSPS) is 12.4. The maximum Gasteiger partial charge on any atom is 0.184 e. The molecule has 4 aromatic rings. The number of hydrogen-bond donors (Lipinski definition) is 1. The number of anilines is 1. The Morgan fingerprint density at radius 2 is 2.00 bits per heavy atom. The van der Waals surface area contributed by atoms with Gasteiger partial charge in [-0.3, -0.25) is 0 Å². The monoisotopic (exact) mass is 350 g/mol. The summed E-state index contributed by atoms with van der Waals surface area (Å²) < 4.78 is 1.82. The molecule has 3 heterocycles. The molecule has 0 aliphatic heterocycles. The third-order valence-electron chi connectivity index (χ3n) is 3.95. The number of rotatable bonds is 6. The molecule has 0 saturated heterocycles. The summed E-state index contributed by atoms with van der Waals surface area (Å²) in [5.41, 5.74) is 2.74. The van der Waals surface area contributed by atoms with Crippen LogP contribution in [0.4, 0.5) is 5.82 Å². The van der Waals surface area contributed by atoms with Crippen LogP contribution in [0.3, 0.4) is 0 Å². The topological polar surface area (TPSA) is 68.5 Å². The third kappa shape index (κ3) is 3.51. The minimum absolute atomic E-state index is 0.225. The Bertz CT molecular complexity index is 948. The smallest absolute Gasteiger partial charge is 0.184 e. The van der Waals surface area contributed by atoms with Crippen molar-refractivity contribution < 1.29 is 0 Å². The third-order valence-corrected chi connectivity index (χ3v) is 4.81. The van der Waals surface area contributed by atoms with E-state index in [1.165, 1.54) is 10.4 Å². The van der Waals surface area contributed by atoms with E-state index in [9.17, 15) is 0 Å². The summed E-state index contributed by atoms with van der Waals surface area (Å²) in [6, 6.07) is 14.7. The number of nitrogens with one attached hydrogen (secondary N) is 1. The summed E-state index contributed by atoms with van der Waals surface area (Å²) in [6.45, 7) is 2.81. The molecule has 0 aliphatic carbocycles. The van der Waals surface area contributed by atoms with Crippen molar-refractivity contribution in [2.45, 2.75) is 25.9 Å². The van der Waals surface area contributed by atoms with Gasteiger partial charge < -0.3 is 5.32 Å². The van der Waals surface area contributed by atoms with Crippen molar-refractivity contribution in [3.8, 4) is 0 Å². The molecule has 25 heavy (non-hydrogen) atoms. The number of hydrogen-bond acceptors (Lipinski definition) is 6. The molecule has 0 saturated carbocycles. The summed E-state index contributed by atoms with van der Waals surface area (Å²) >= 11 is 1.70. The fraction of sp³-hybridized carbons (Fsp3) is 0.222. The molecule has 0 aliphatic rings. The van der Waals surface area contributed by atoms with Gasteiger partial charge in [-0.1, -0.05) is 41.6 Å². The van der Waals surface area contributed by atoms with Crippen LogP contribution in [-0.2, 0) is 13.0 Å². The Balaban J connectivity index is 1.55. The van der Waals surface area contributed by atoms with Crippen LogP contribution in [0, 0.1) is 0 Å². The predicted molar refractivity (Wildman–Crippen MR) is 99.8 cm³/mol. The predicted octanol–water partition coefficient (Wildman–Crippen LogP) is 3.37. The summed E-state index contributed by atoms with van der Waals surface area (Å²) in [4.78, 5) is 9.95. The van der Waals surface area contributed by atoms with Crippen LogP contribution in [0.1, 0.15) is 17.4 Å². The quantitative estimate of drug-likeness (QED) is 0.577. The second-order valence-electron chi connectivity index (χ2n) is 5.96. The molecular weight excluding hydrogens is 332 g/mol. The van der Waals surface area contributed by atoms with Crippen LogP contribution < -0.4 is 5.32 Å². The second-order valence-corrected chi connectivity index (χ2v) is 6.99. The summed E-state index contributed by atoms with van der Waals surface area (Å²) in [7, 11) is 0. The first-order valence-electron chi connectivity index (χ1n) is 8.16. The van der Waals surface area contributed by atoms with Crippen molar-refractivity contribution in [3.05, 3.63) is 64.6 Å². The lowest BCUT2D eigenvalue weighted by Crippen LogP contribution is -2.19. The van der Waals surface area contributed by atoms with E-state index >= 15 is 0 Å². The van der Waals surface area contributed by atoms with Crippen LogP contribution in [-0.4, -0.2) is 31.0 Å². The number of nitrogens with zero attached hydrogens (tertiary/aromatic N) is 5. The fourth-order valence-corrected chi connectivity index (χ4v) is 3.49. The molecule has 126 valence electrons. The molecule has 0 spiro atoms. The Hall–Kier alpha value is -2.80. The Kier molecular flexibility index (Phi) is 4.39. The van der Waals surface area contributed by atoms with E-state index < -0.39 is 0 Å². The van der Waals surface area contributed by atoms with Crippen LogP contribution in [0.2, 0.25) is 0 Å². The molecule has 7 heteroatoms. The van der Waals surface area contributed by atoms with Gasteiger partial charge in [0, 0.05) is 10.9 Å². The Morgan fingerprint density at radius 1 is 1.12 bits per heavy atom. The first-order chi connectivity index (χ1) is 12.3. The molecule has 0 amide bonds. The van der Waals surface area contributed by atoms with E-state index in [1.54, 1.807) is 17.7 Å². The number of fused-ring (bicyclic) bond motifs is 1. The fourth-order valence-electron chi connectivity index (χ4n) is 2.81. The van der Waals surface area contributed by atoms with Gasteiger partial charge in [-0.15, -0.1) is 16.4 Å². The zero-order valence-electron chi connectivity index (χ0n) is 13.8. The van der Waals surface area contributed by atoms with E-state index in [0.717, 1.165) is 17.9 Å². The standard InChI is InChI=1S/C18H18N6S/c1-13(10-14-6-3-2-4-7-14)21-17-16-18(20-12-19-17)24(23-22-16)11-15-8-5-9-25-15/h2-9,12-13H,10-11H2,1H3,(H,19,20,21). The number of benzene rings is 1. The van der Waals surface area contributed by atoms with Crippen molar-refractivity contribution in [2.24, 2.45) is 0 Å². The first-order valence-corrected chi connectivity index (χ1v) is 9.04. The molecule has 6 nitrogen and oxygen atoms in total. The minimum Gasteiger partial charge on any atom is -0.365 e. The zero-order valence-corrected chi connectivity index (χ0v) is 14.6. The van der Waals surface area contributed by atoms with Crippen LogP contribution in [0.25, 0.3) is 11.2 Å². The molecule has 0 radical (unpaired) electrons. The average Bonchev–Trinajstić information content (AvgIpc) is 3.27. The van der Waals surface area contributed by atoms with Gasteiger partial charge in [0.15, 0.2) is 17.0 Å². The molecule has 0 bridgehead atoms.